The van der Waals surface area contributed by atoms with E-state index in [1.54, 1.807) is 0 Å². The van der Waals surface area contributed by atoms with Crippen LogP contribution in [-0.4, -0.2) is 35.6 Å². The van der Waals surface area contributed by atoms with Gasteiger partial charge in [-0.15, -0.1) is 0 Å². The van der Waals surface area contributed by atoms with Crippen LogP contribution in [0.4, 0.5) is 0 Å². The van der Waals surface area contributed by atoms with Crippen LogP contribution < -0.4 is 5.32 Å². The van der Waals surface area contributed by atoms with Crippen molar-refractivity contribution < 1.29 is 0 Å². The Morgan fingerprint density at radius 2 is 1.80 bits per heavy atom. The molecule has 3 fully saturated rings. The van der Waals surface area contributed by atoms with E-state index in [1.807, 2.05) is 0 Å². The van der Waals surface area contributed by atoms with Crippen LogP contribution in [0.15, 0.2) is 0 Å². The van der Waals surface area contributed by atoms with Gasteiger partial charge in [0.2, 0.25) is 0 Å². The lowest BCUT2D eigenvalue weighted by Gasteiger charge is -2.53. The summed E-state index contributed by atoms with van der Waals surface area (Å²) in [5.74, 6) is 0.819. The SMILES string of the molecule is CCC(C)C1CN(C2CCCCC2)C2(CCCC2)CN1. The highest BCUT2D eigenvalue weighted by atomic mass is 15.3. The summed E-state index contributed by atoms with van der Waals surface area (Å²) in [4.78, 5) is 3.01. The van der Waals surface area contributed by atoms with Gasteiger partial charge in [0.15, 0.2) is 0 Å². The standard InChI is InChI=1S/C18H34N2/c1-3-15(2)17-13-20(16-9-5-4-6-10-16)18(14-19-17)11-7-8-12-18/h15-17,19H,3-14H2,1-2H3. The van der Waals surface area contributed by atoms with Crippen molar-refractivity contribution in [1.82, 2.24) is 10.2 Å². The number of hydrogen-bond acceptors (Lipinski definition) is 2. The molecule has 0 aromatic heterocycles. The Bertz CT molecular complexity index is 303. The van der Waals surface area contributed by atoms with Gasteiger partial charge in [-0.3, -0.25) is 4.90 Å². The van der Waals surface area contributed by atoms with Crippen molar-refractivity contribution in [2.75, 3.05) is 13.1 Å². The Hall–Kier alpha value is -0.0800. The molecule has 20 heavy (non-hydrogen) atoms. The second-order valence-electron chi connectivity index (χ2n) is 7.75. The first-order valence-electron chi connectivity index (χ1n) is 9.25. The summed E-state index contributed by atoms with van der Waals surface area (Å²) in [5.41, 5.74) is 0.534. The Kier molecular flexibility index (Phi) is 4.72. The first-order chi connectivity index (χ1) is 9.75. The van der Waals surface area contributed by atoms with E-state index in [0.717, 1.165) is 18.0 Å². The van der Waals surface area contributed by atoms with Crippen molar-refractivity contribution >= 4 is 0 Å². The summed E-state index contributed by atoms with van der Waals surface area (Å²) < 4.78 is 0. The van der Waals surface area contributed by atoms with Crippen LogP contribution in [0.3, 0.4) is 0 Å². The van der Waals surface area contributed by atoms with Crippen molar-refractivity contribution in [2.45, 2.75) is 95.7 Å². The highest BCUT2D eigenvalue weighted by Crippen LogP contribution is 2.41. The maximum atomic E-state index is 3.93. The van der Waals surface area contributed by atoms with Crippen LogP contribution in [0, 0.1) is 5.92 Å². The molecule has 0 aromatic carbocycles. The van der Waals surface area contributed by atoms with Crippen LogP contribution in [0.1, 0.15) is 78.1 Å². The smallest absolute Gasteiger partial charge is 0.0337 e. The van der Waals surface area contributed by atoms with Crippen LogP contribution in [-0.2, 0) is 0 Å². The average Bonchev–Trinajstić information content (AvgIpc) is 2.97. The predicted molar refractivity (Wildman–Crippen MR) is 86.0 cm³/mol. The van der Waals surface area contributed by atoms with Gasteiger partial charge < -0.3 is 5.32 Å². The van der Waals surface area contributed by atoms with Gasteiger partial charge in [-0.2, -0.15) is 0 Å². The first kappa shape index (κ1) is 14.8. The molecule has 1 spiro atoms. The summed E-state index contributed by atoms with van der Waals surface area (Å²) in [5, 5.41) is 3.93. The second kappa shape index (κ2) is 6.36. The Labute approximate surface area is 125 Å². The summed E-state index contributed by atoms with van der Waals surface area (Å²) in [6.07, 6.45) is 14.5. The molecule has 116 valence electrons. The molecule has 1 N–H and O–H groups in total. The van der Waals surface area contributed by atoms with Gasteiger partial charge in [-0.25, -0.2) is 0 Å². The highest BCUT2D eigenvalue weighted by Gasteiger charge is 2.46. The molecule has 3 aliphatic rings. The lowest BCUT2D eigenvalue weighted by Crippen LogP contribution is -2.67. The Morgan fingerprint density at radius 3 is 2.45 bits per heavy atom. The quantitative estimate of drug-likeness (QED) is 0.841. The van der Waals surface area contributed by atoms with E-state index >= 15 is 0 Å². The fourth-order valence-corrected chi connectivity index (χ4v) is 4.98. The molecule has 1 aliphatic heterocycles. The molecule has 2 nitrogen and oxygen atoms in total. The van der Waals surface area contributed by atoms with Crippen LogP contribution in [0.25, 0.3) is 0 Å². The molecule has 2 heteroatoms. The van der Waals surface area contributed by atoms with E-state index in [9.17, 15) is 0 Å². The molecule has 0 aromatic rings. The number of piperazine rings is 1. The monoisotopic (exact) mass is 278 g/mol. The molecular formula is C18H34N2. The van der Waals surface area contributed by atoms with E-state index < -0.39 is 0 Å². The lowest BCUT2D eigenvalue weighted by molar-refractivity contribution is -0.0163. The maximum Gasteiger partial charge on any atom is 0.0337 e. The van der Waals surface area contributed by atoms with E-state index in [1.165, 1.54) is 77.3 Å². The van der Waals surface area contributed by atoms with E-state index in [0.29, 0.717) is 5.54 Å². The average molecular weight is 278 g/mol. The largest absolute Gasteiger partial charge is 0.311 e. The van der Waals surface area contributed by atoms with Crippen molar-refractivity contribution in [3.63, 3.8) is 0 Å². The predicted octanol–water partition coefficient (Wildman–Crippen LogP) is 3.95. The summed E-state index contributed by atoms with van der Waals surface area (Å²) in [6, 6.07) is 1.63. The van der Waals surface area contributed by atoms with Gasteiger partial charge in [0.05, 0.1) is 0 Å². The third kappa shape index (κ3) is 2.78. The second-order valence-corrected chi connectivity index (χ2v) is 7.75. The fourth-order valence-electron chi connectivity index (χ4n) is 4.98. The zero-order valence-electron chi connectivity index (χ0n) is 13.7. The zero-order chi connectivity index (χ0) is 14.0. The van der Waals surface area contributed by atoms with Gasteiger partial charge in [0.1, 0.15) is 0 Å². The van der Waals surface area contributed by atoms with Gasteiger partial charge in [0.25, 0.3) is 0 Å². The van der Waals surface area contributed by atoms with Gasteiger partial charge in [-0.1, -0.05) is 52.4 Å². The fraction of sp³-hybridized carbons (Fsp3) is 1.00. The molecule has 2 unspecified atom stereocenters. The molecule has 0 amide bonds. The molecule has 1 saturated heterocycles. The van der Waals surface area contributed by atoms with Crippen molar-refractivity contribution in [3.05, 3.63) is 0 Å². The summed E-state index contributed by atoms with van der Waals surface area (Å²) in [6.45, 7) is 7.36. The Balaban J connectivity index is 1.74. The number of hydrogen-bond donors (Lipinski definition) is 1. The summed E-state index contributed by atoms with van der Waals surface area (Å²) >= 11 is 0. The minimum atomic E-state index is 0.534. The highest BCUT2D eigenvalue weighted by molar-refractivity contribution is 5.04. The van der Waals surface area contributed by atoms with Crippen LogP contribution >= 0.6 is 0 Å². The number of nitrogens with zero attached hydrogens (tertiary/aromatic N) is 1. The maximum absolute atomic E-state index is 3.93. The molecule has 2 saturated carbocycles. The molecule has 0 bridgehead atoms. The van der Waals surface area contributed by atoms with Crippen molar-refractivity contribution in [1.29, 1.82) is 0 Å². The minimum absolute atomic E-state index is 0.534. The molecular weight excluding hydrogens is 244 g/mol. The van der Waals surface area contributed by atoms with E-state index in [2.05, 4.69) is 24.1 Å². The van der Waals surface area contributed by atoms with Gasteiger partial charge in [0, 0.05) is 30.7 Å². The molecule has 0 radical (unpaired) electrons. The lowest BCUT2D eigenvalue weighted by atomic mass is 9.82. The number of rotatable bonds is 3. The molecule has 3 rings (SSSR count). The third-order valence-electron chi connectivity index (χ3n) is 6.58. The van der Waals surface area contributed by atoms with E-state index in [4.69, 9.17) is 0 Å². The van der Waals surface area contributed by atoms with Crippen LogP contribution in [0.5, 0.6) is 0 Å². The third-order valence-corrected chi connectivity index (χ3v) is 6.58. The van der Waals surface area contributed by atoms with Crippen molar-refractivity contribution in [3.8, 4) is 0 Å². The van der Waals surface area contributed by atoms with Crippen molar-refractivity contribution in [2.24, 2.45) is 5.92 Å². The molecule has 2 aliphatic carbocycles. The molecule has 1 heterocycles. The Morgan fingerprint density at radius 1 is 1.10 bits per heavy atom. The first-order valence-corrected chi connectivity index (χ1v) is 9.25. The topological polar surface area (TPSA) is 15.3 Å². The van der Waals surface area contributed by atoms with Gasteiger partial charge >= 0.3 is 0 Å². The minimum Gasteiger partial charge on any atom is -0.311 e. The zero-order valence-corrected chi connectivity index (χ0v) is 13.7. The normalized spacial score (nSPS) is 33.6. The molecule has 2 atom stereocenters. The van der Waals surface area contributed by atoms with Crippen LogP contribution in [0.2, 0.25) is 0 Å². The van der Waals surface area contributed by atoms with E-state index in [-0.39, 0.29) is 0 Å². The summed E-state index contributed by atoms with van der Waals surface area (Å²) in [7, 11) is 0. The van der Waals surface area contributed by atoms with Gasteiger partial charge in [-0.05, 0) is 31.6 Å². The number of nitrogens with one attached hydrogen (secondary N) is 1.